The van der Waals surface area contributed by atoms with E-state index in [4.69, 9.17) is 4.74 Å². The van der Waals surface area contributed by atoms with Crippen molar-refractivity contribution in [3.63, 3.8) is 0 Å². The fourth-order valence-corrected chi connectivity index (χ4v) is 2.13. The molecule has 0 heterocycles. The van der Waals surface area contributed by atoms with Gasteiger partial charge in [0.2, 0.25) is 0 Å². The van der Waals surface area contributed by atoms with Crippen molar-refractivity contribution >= 4 is 6.09 Å². The first kappa shape index (κ1) is 22.4. The monoisotopic (exact) mass is 336 g/mol. The maximum Gasteiger partial charge on any atom is 0.412 e. The summed E-state index contributed by atoms with van der Waals surface area (Å²) in [5.41, 5.74) is 2.35. The Morgan fingerprint density at radius 1 is 1.21 bits per heavy atom. The Bertz CT molecular complexity index is 503. The van der Waals surface area contributed by atoms with Crippen LogP contribution in [0.2, 0.25) is 0 Å². The van der Waals surface area contributed by atoms with Crippen LogP contribution in [-0.4, -0.2) is 35.2 Å². The highest BCUT2D eigenvalue weighted by atomic mass is 16.6. The van der Waals surface area contributed by atoms with Crippen molar-refractivity contribution in [1.82, 2.24) is 10.2 Å². The second-order valence-corrected chi connectivity index (χ2v) is 8.01. The summed E-state index contributed by atoms with van der Waals surface area (Å²) in [4.78, 5) is 14.4. The predicted molar refractivity (Wildman–Crippen MR) is 103 cm³/mol. The van der Waals surface area contributed by atoms with Crippen molar-refractivity contribution in [3.05, 3.63) is 35.6 Å². The molecule has 0 aliphatic carbocycles. The maximum absolute atomic E-state index is 12.0. The Labute approximate surface area is 148 Å². The fourth-order valence-electron chi connectivity index (χ4n) is 2.13. The molecule has 24 heavy (non-hydrogen) atoms. The molecule has 1 amide bonds. The molecule has 0 aromatic heterocycles. The number of hydrogen-bond donors (Lipinski definition) is 1. The van der Waals surface area contributed by atoms with E-state index in [1.54, 1.807) is 0 Å². The SMILES string of the molecule is C=C(C)/C(=C\C(=C/C)NC(=O)OC(C)(C)C)CN(CC)C(C)(C)C. The van der Waals surface area contributed by atoms with E-state index in [9.17, 15) is 4.79 Å². The molecule has 4 heteroatoms. The Morgan fingerprint density at radius 3 is 2.08 bits per heavy atom. The molecular weight excluding hydrogens is 300 g/mol. The average Bonchev–Trinajstić information content (AvgIpc) is 2.37. The van der Waals surface area contributed by atoms with Crippen LogP contribution in [0.5, 0.6) is 0 Å². The number of hydrogen-bond acceptors (Lipinski definition) is 3. The molecule has 0 saturated carbocycles. The molecule has 0 bridgehead atoms. The molecule has 4 nitrogen and oxygen atoms in total. The number of likely N-dealkylation sites (N-methyl/N-ethyl adjacent to an activating group) is 1. The number of amides is 1. The number of carbonyl (C=O) groups is 1. The first-order valence-corrected chi connectivity index (χ1v) is 8.58. The minimum atomic E-state index is -0.519. The molecule has 0 aliphatic rings. The molecule has 0 radical (unpaired) electrons. The van der Waals surface area contributed by atoms with Crippen LogP contribution in [0.15, 0.2) is 35.6 Å². The largest absolute Gasteiger partial charge is 0.444 e. The van der Waals surface area contributed by atoms with Gasteiger partial charge in [0, 0.05) is 17.8 Å². The van der Waals surface area contributed by atoms with Crippen LogP contribution < -0.4 is 5.32 Å². The zero-order valence-electron chi connectivity index (χ0n) is 17.0. The summed E-state index contributed by atoms with van der Waals surface area (Å²) in [5.74, 6) is 0. The predicted octanol–water partition coefficient (Wildman–Crippen LogP) is 5.04. The van der Waals surface area contributed by atoms with Crippen LogP contribution in [0.4, 0.5) is 4.79 Å². The third-order valence-corrected chi connectivity index (χ3v) is 3.53. The number of allylic oxidation sites excluding steroid dienone is 2. The van der Waals surface area contributed by atoms with Crippen LogP contribution in [0.1, 0.15) is 62.3 Å². The van der Waals surface area contributed by atoms with E-state index in [0.29, 0.717) is 5.70 Å². The van der Waals surface area contributed by atoms with Gasteiger partial charge in [0.25, 0.3) is 0 Å². The molecule has 0 aliphatic heterocycles. The van der Waals surface area contributed by atoms with E-state index in [2.05, 4.69) is 44.5 Å². The first-order valence-electron chi connectivity index (χ1n) is 8.58. The number of nitrogens with one attached hydrogen (secondary N) is 1. The second-order valence-electron chi connectivity index (χ2n) is 8.01. The highest BCUT2D eigenvalue weighted by molar-refractivity contribution is 5.71. The van der Waals surface area contributed by atoms with E-state index in [1.165, 1.54) is 0 Å². The average molecular weight is 337 g/mol. The van der Waals surface area contributed by atoms with Gasteiger partial charge in [-0.2, -0.15) is 0 Å². The van der Waals surface area contributed by atoms with Crippen LogP contribution in [0.3, 0.4) is 0 Å². The lowest BCUT2D eigenvalue weighted by atomic mass is 10.0. The lowest BCUT2D eigenvalue weighted by molar-refractivity contribution is 0.0547. The van der Waals surface area contributed by atoms with Crippen molar-refractivity contribution in [2.24, 2.45) is 0 Å². The first-order chi connectivity index (χ1) is 10.8. The van der Waals surface area contributed by atoms with Gasteiger partial charge in [-0.1, -0.05) is 25.2 Å². The van der Waals surface area contributed by atoms with E-state index < -0.39 is 11.7 Å². The van der Waals surface area contributed by atoms with Gasteiger partial charge in [-0.15, -0.1) is 0 Å². The van der Waals surface area contributed by atoms with Gasteiger partial charge < -0.3 is 4.74 Å². The van der Waals surface area contributed by atoms with E-state index in [0.717, 1.165) is 24.2 Å². The topological polar surface area (TPSA) is 41.6 Å². The Hall–Kier alpha value is -1.55. The molecule has 0 fully saturated rings. The molecule has 0 spiro atoms. The van der Waals surface area contributed by atoms with Gasteiger partial charge in [0.05, 0.1) is 0 Å². The van der Waals surface area contributed by atoms with Crippen molar-refractivity contribution in [2.45, 2.75) is 73.5 Å². The molecule has 0 saturated heterocycles. The van der Waals surface area contributed by atoms with Gasteiger partial charge in [-0.25, -0.2) is 4.79 Å². The van der Waals surface area contributed by atoms with Gasteiger partial charge in [-0.3, -0.25) is 10.2 Å². The smallest absolute Gasteiger partial charge is 0.412 e. The van der Waals surface area contributed by atoms with Crippen LogP contribution in [0, 0.1) is 0 Å². The third kappa shape index (κ3) is 8.92. The number of nitrogens with zero attached hydrogens (tertiary/aromatic N) is 1. The molecule has 138 valence electrons. The third-order valence-electron chi connectivity index (χ3n) is 3.53. The van der Waals surface area contributed by atoms with E-state index in [-0.39, 0.29) is 5.54 Å². The normalized spacial score (nSPS) is 13.9. The van der Waals surface area contributed by atoms with Gasteiger partial charge >= 0.3 is 6.09 Å². The summed E-state index contributed by atoms with van der Waals surface area (Å²) in [6, 6.07) is 0. The molecule has 0 rings (SSSR count). The van der Waals surface area contributed by atoms with Crippen LogP contribution in [0.25, 0.3) is 0 Å². The molecule has 0 aromatic rings. The summed E-state index contributed by atoms with van der Waals surface area (Å²) < 4.78 is 5.32. The van der Waals surface area contributed by atoms with E-state index in [1.807, 2.05) is 46.8 Å². The Kier molecular flexibility index (Phi) is 8.48. The minimum Gasteiger partial charge on any atom is -0.444 e. The summed E-state index contributed by atoms with van der Waals surface area (Å²) in [6.07, 6.45) is 3.39. The Morgan fingerprint density at radius 2 is 1.75 bits per heavy atom. The number of ether oxygens (including phenoxy) is 1. The van der Waals surface area contributed by atoms with Crippen LogP contribution in [-0.2, 0) is 4.74 Å². The van der Waals surface area contributed by atoms with Crippen molar-refractivity contribution in [2.75, 3.05) is 13.1 Å². The van der Waals surface area contributed by atoms with Gasteiger partial charge in [0.1, 0.15) is 5.60 Å². The maximum atomic E-state index is 12.0. The quantitative estimate of drug-likeness (QED) is 0.691. The fraction of sp³-hybridized carbons (Fsp3) is 0.650. The summed E-state index contributed by atoms with van der Waals surface area (Å²) in [5, 5.41) is 2.80. The zero-order chi connectivity index (χ0) is 19.1. The van der Waals surface area contributed by atoms with Crippen LogP contribution >= 0.6 is 0 Å². The second kappa shape index (κ2) is 9.07. The number of alkyl carbamates (subject to hydrolysis) is 1. The summed E-state index contributed by atoms with van der Waals surface area (Å²) in [6.45, 7) is 24.0. The number of rotatable bonds is 6. The molecular formula is C20H36N2O2. The lowest BCUT2D eigenvalue weighted by Gasteiger charge is -2.35. The van der Waals surface area contributed by atoms with E-state index >= 15 is 0 Å². The Balaban J connectivity index is 5.27. The molecule has 0 aromatic carbocycles. The summed E-state index contributed by atoms with van der Waals surface area (Å²) in [7, 11) is 0. The van der Waals surface area contributed by atoms with Crippen molar-refractivity contribution in [1.29, 1.82) is 0 Å². The highest BCUT2D eigenvalue weighted by Gasteiger charge is 2.21. The molecule has 1 N–H and O–H groups in total. The van der Waals surface area contributed by atoms with Gasteiger partial charge in [-0.05, 0) is 73.6 Å². The molecule has 0 atom stereocenters. The number of carbonyl (C=O) groups excluding carboxylic acids is 1. The van der Waals surface area contributed by atoms with Crippen molar-refractivity contribution in [3.8, 4) is 0 Å². The minimum absolute atomic E-state index is 0.0674. The van der Waals surface area contributed by atoms with Gasteiger partial charge in [0.15, 0.2) is 0 Å². The standard InChI is InChI=1S/C20H36N2O2/c1-11-17(21-18(23)24-20(8,9)10)13-16(15(3)4)14-22(12-2)19(5,6)7/h11,13H,3,12,14H2,1-2,4-10H3,(H,21,23)/b16-13-,17-11+. The molecule has 0 unspecified atom stereocenters. The lowest BCUT2D eigenvalue weighted by Crippen LogP contribution is -2.42. The zero-order valence-corrected chi connectivity index (χ0v) is 17.0. The summed E-state index contributed by atoms with van der Waals surface area (Å²) >= 11 is 0. The highest BCUT2D eigenvalue weighted by Crippen LogP contribution is 2.19. The van der Waals surface area contributed by atoms with Crippen molar-refractivity contribution < 1.29 is 9.53 Å².